The Bertz CT molecular complexity index is 1500. The predicted octanol–water partition coefficient (Wildman–Crippen LogP) is 4.05. The minimum Gasteiger partial charge on any atom is -0.497 e. The molecule has 1 aliphatic heterocycles. The first kappa shape index (κ1) is 32.1. The van der Waals surface area contributed by atoms with Crippen molar-refractivity contribution in [2.45, 2.75) is 66.5 Å². The lowest BCUT2D eigenvalue weighted by Gasteiger charge is -2.17. The summed E-state index contributed by atoms with van der Waals surface area (Å²) in [5.41, 5.74) is 6.27. The average molecular weight is 581 g/mol. The van der Waals surface area contributed by atoms with E-state index in [2.05, 4.69) is 42.2 Å². The molecular weight excluding hydrogens is 540 g/mol. The van der Waals surface area contributed by atoms with E-state index in [1.807, 2.05) is 18.2 Å². The number of amides is 2. The molecule has 0 aliphatic carbocycles. The molecule has 226 valence electrons. The highest BCUT2D eigenvalue weighted by Crippen LogP contribution is 2.38. The van der Waals surface area contributed by atoms with Gasteiger partial charge >= 0.3 is 12.1 Å². The van der Waals surface area contributed by atoms with Crippen molar-refractivity contribution >= 4 is 29.4 Å². The van der Waals surface area contributed by atoms with E-state index in [0.717, 1.165) is 52.0 Å². The molecule has 4 rings (SSSR count). The van der Waals surface area contributed by atoms with Gasteiger partial charge in [-0.25, -0.2) is 9.78 Å². The van der Waals surface area contributed by atoms with Crippen LogP contribution in [0.2, 0.25) is 0 Å². The van der Waals surface area contributed by atoms with Crippen LogP contribution in [-0.4, -0.2) is 54.8 Å². The minimum absolute atomic E-state index is 0.00228. The SMILES string of the molecule is CCOC(=O)NCCNC=O.CCc1c2c(nc3ccc(OC)cc13)-c1cc(C(C)CC)c(COC(C)=O)c(=O)n1C2. The second kappa shape index (κ2) is 15.0. The van der Waals surface area contributed by atoms with Crippen LogP contribution in [0.3, 0.4) is 0 Å². The maximum Gasteiger partial charge on any atom is 0.407 e. The number of nitrogens with one attached hydrogen (secondary N) is 2. The summed E-state index contributed by atoms with van der Waals surface area (Å²) in [6.45, 7) is 11.0. The number of aromatic nitrogens is 2. The number of hydrogen-bond donors (Lipinski definition) is 2. The summed E-state index contributed by atoms with van der Waals surface area (Å²) < 4.78 is 17.0. The van der Waals surface area contributed by atoms with Crippen LogP contribution >= 0.6 is 0 Å². The highest BCUT2D eigenvalue weighted by Gasteiger charge is 2.29. The van der Waals surface area contributed by atoms with Crippen LogP contribution in [0.25, 0.3) is 22.3 Å². The number of hydrogen-bond acceptors (Lipinski definition) is 8. The molecule has 1 unspecified atom stereocenters. The van der Waals surface area contributed by atoms with Gasteiger partial charge < -0.3 is 29.4 Å². The molecule has 0 bridgehead atoms. The topological polar surface area (TPSA) is 138 Å². The van der Waals surface area contributed by atoms with E-state index >= 15 is 0 Å². The molecule has 0 spiro atoms. The second-order valence-corrected chi connectivity index (χ2v) is 9.82. The summed E-state index contributed by atoms with van der Waals surface area (Å²) >= 11 is 0. The van der Waals surface area contributed by atoms with Crippen molar-refractivity contribution in [2.75, 3.05) is 26.8 Å². The van der Waals surface area contributed by atoms with E-state index in [9.17, 15) is 19.2 Å². The smallest absolute Gasteiger partial charge is 0.407 e. The lowest BCUT2D eigenvalue weighted by molar-refractivity contribution is -0.142. The van der Waals surface area contributed by atoms with Crippen LogP contribution < -0.4 is 20.9 Å². The van der Waals surface area contributed by atoms with E-state index in [4.69, 9.17) is 14.5 Å². The van der Waals surface area contributed by atoms with Crippen molar-refractivity contribution in [1.82, 2.24) is 20.2 Å². The van der Waals surface area contributed by atoms with Gasteiger partial charge in [0, 0.05) is 31.0 Å². The van der Waals surface area contributed by atoms with Gasteiger partial charge in [-0.1, -0.05) is 20.8 Å². The van der Waals surface area contributed by atoms with Gasteiger partial charge in [-0.05, 0) is 61.1 Å². The van der Waals surface area contributed by atoms with Gasteiger partial charge in [-0.3, -0.25) is 14.4 Å². The highest BCUT2D eigenvalue weighted by atomic mass is 16.5. The number of aryl methyl sites for hydroxylation is 1. The fourth-order valence-corrected chi connectivity index (χ4v) is 4.94. The zero-order valence-corrected chi connectivity index (χ0v) is 25.2. The number of pyridine rings is 2. The maximum absolute atomic E-state index is 13.5. The Labute approximate surface area is 245 Å². The molecule has 1 aliphatic rings. The number of benzene rings is 1. The molecule has 3 aromatic rings. The normalized spacial score (nSPS) is 11.9. The third-order valence-corrected chi connectivity index (χ3v) is 7.22. The number of carbonyl (C=O) groups excluding carboxylic acids is 3. The second-order valence-electron chi connectivity index (χ2n) is 9.82. The molecule has 3 heterocycles. The molecule has 1 aromatic carbocycles. The quantitative estimate of drug-likeness (QED) is 0.154. The number of methoxy groups -OCH3 is 1. The summed E-state index contributed by atoms with van der Waals surface area (Å²) in [5.74, 6) is 0.571. The molecule has 2 amide bonds. The largest absolute Gasteiger partial charge is 0.497 e. The molecule has 2 aromatic heterocycles. The third-order valence-electron chi connectivity index (χ3n) is 7.22. The molecule has 0 saturated heterocycles. The van der Waals surface area contributed by atoms with Crippen molar-refractivity contribution in [3.8, 4) is 17.1 Å². The summed E-state index contributed by atoms with van der Waals surface area (Å²) in [6.07, 6.45) is 1.83. The molecular formula is C31H40N4O7. The molecule has 1 atom stereocenters. The van der Waals surface area contributed by atoms with E-state index in [1.54, 1.807) is 18.6 Å². The van der Waals surface area contributed by atoms with Gasteiger partial charge in [-0.15, -0.1) is 0 Å². The Balaban J connectivity index is 0.000000375. The molecule has 0 fully saturated rings. The van der Waals surface area contributed by atoms with Crippen LogP contribution in [-0.2, 0) is 38.6 Å². The highest BCUT2D eigenvalue weighted by molar-refractivity contribution is 5.89. The molecule has 11 heteroatoms. The summed E-state index contributed by atoms with van der Waals surface area (Å²) in [7, 11) is 1.66. The van der Waals surface area contributed by atoms with Crippen LogP contribution in [0.1, 0.15) is 69.2 Å². The number of ether oxygens (including phenoxy) is 3. The summed E-state index contributed by atoms with van der Waals surface area (Å²) in [4.78, 5) is 50.1. The number of rotatable bonds is 11. The van der Waals surface area contributed by atoms with Crippen molar-refractivity contribution in [1.29, 1.82) is 0 Å². The number of fused-ring (bicyclic) bond motifs is 4. The number of alkyl carbamates (subject to hydrolysis) is 1. The minimum atomic E-state index is -0.458. The summed E-state index contributed by atoms with van der Waals surface area (Å²) in [5, 5.41) is 5.89. The maximum atomic E-state index is 13.5. The fraction of sp³-hybridized carbons (Fsp3) is 0.452. The Hall–Kier alpha value is -4.41. The average Bonchev–Trinajstić information content (AvgIpc) is 3.35. The van der Waals surface area contributed by atoms with E-state index < -0.39 is 12.1 Å². The zero-order chi connectivity index (χ0) is 30.8. The Kier molecular flexibility index (Phi) is 11.5. The fourth-order valence-electron chi connectivity index (χ4n) is 4.94. The number of esters is 1. The van der Waals surface area contributed by atoms with E-state index in [-0.39, 0.29) is 18.1 Å². The Morgan fingerprint density at radius 1 is 1.12 bits per heavy atom. The predicted molar refractivity (Wildman–Crippen MR) is 160 cm³/mol. The van der Waals surface area contributed by atoms with Gasteiger partial charge in [0.15, 0.2) is 0 Å². The molecule has 0 saturated carbocycles. The monoisotopic (exact) mass is 580 g/mol. The van der Waals surface area contributed by atoms with E-state index in [0.29, 0.717) is 38.2 Å². The van der Waals surface area contributed by atoms with E-state index in [1.165, 1.54) is 12.5 Å². The van der Waals surface area contributed by atoms with Crippen molar-refractivity contribution in [3.63, 3.8) is 0 Å². The van der Waals surface area contributed by atoms with Crippen molar-refractivity contribution < 1.29 is 28.6 Å². The molecule has 11 nitrogen and oxygen atoms in total. The van der Waals surface area contributed by atoms with Crippen LogP contribution in [0, 0.1) is 0 Å². The number of carbonyl (C=O) groups is 3. The molecule has 2 N–H and O–H groups in total. The molecule has 0 radical (unpaired) electrons. The first-order valence-electron chi connectivity index (χ1n) is 14.2. The van der Waals surface area contributed by atoms with Gasteiger partial charge in [0.05, 0.1) is 42.7 Å². The van der Waals surface area contributed by atoms with Gasteiger partial charge in [-0.2, -0.15) is 0 Å². The van der Waals surface area contributed by atoms with Crippen molar-refractivity contribution in [3.05, 3.63) is 56.9 Å². The standard InChI is InChI=1S/C25H28N2O4.C6H12N2O3/c1-6-14(3)18-11-23-24-20(12-27(23)25(29)21(18)13-31-15(4)28)17(7-2)19-10-16(30-5)8-9-22(19)26-24;1-2-11-6(10)8-4-3-7-5-9/h8-11,14H,6-7,12-13H2,1-5H3;5H,2-4H2,1H3,(H,7,9)(H,8,10). The van der Waals surface area contributed by atoms with Crippen LogP contribution in [0.5, 0.6) is 5.75 Å². The Morgan fingerprint density at radius 2 is 1.88 bits per heavy atom. The van der Waals surface area contributed by atoms with Gasteiger partial charge in [0.25, 0.3) is 5.56 Å². The van der Waals surface area contributed by atoms with Gasteiger partial charge in [0.1, 0.15) is 12.4 Å². The third kappa shape index (κ3) is 7.26. The first-order valence-corrected chi connectivity index (χ1v) is 14.2. The lowest BCUT2D eigenvalue weighted by atomic mass is 9.93. The first-order chi connectivity index (χ1) is 20.2. The van der Waals surface area contributed by atoms with Crippen molar-refractivity contribution in [2.24, 2.45) is 0 Å². The van der Waals surface area contributed by atoms with Crippen LogP contribution in [0.4, 0.5) is 4.79 Å². The van der Waals surface area contributed by atoms with Gasteiger partial charge in [0.2, 0.25) is 6.41 Å². The lowest BCUT2D eigenvalue weighted by Crippen LogP contribution is -2.31. The Morgan fingerprint density at radius 3 is 2.50 bits per heavy atom. The summed E-state index contributed by atoms with van der Waals surface area (Å²) in [6, 6.07) is 7.97. The molecule has 42 heavy (non-hydrogen) atoms. The van der Waals surface area contributed by atoms with Crippen LogP contribution in [0.15, 0.2) is 29.1 Å². The number of nitrogens with zero attached hydrogens (tertiary/aromatic N) is 2. The zero-order valence-electron chi connectivity index (χ0n) is 25.2.